The van der Waals surface area contributed by atoms with Gasteiger partial charge in [0.15, 0.2) is 0 Å². The molecule has 6 nitrogen and oxygen atoms in total. The van der Waals surface area contributed by atoms with Gasteiger partial charge in [-0.25, -0.2) is 4.98 Å². The first-order chi connectivity index (χ1) is 9.24. The zero-order chi connectivity index (χ0) is 13.2. The molecule has 19 heavy (non-hydrogen) atoms. The first kappa shape index (κ1) is 12.4. The third-order valence-electron chi connectivity index (χ3n) is 3.46. The predicted molar refractivity (Wildman–Crippen MR) is 70.8 cm³/mol. The number of nitrogens with zero attached hydrogens (tertiary/aromatic N) is 4. The van der Waals surface area contributed by atoms with Crippen LogP contribution in [0.25, 0.3) is 0 Å². The molecule has 1 unspecified atom stereocenters. The molecular weight excluding hydrogens is 242 g/mol. The minimum atomic E-state index is 0.0910. The second-order valence-corrected chi connectivity index (χ2v) is 4.92. The van der Waals surface area contributed by atoms with Crippen molar-refractivity contribution in [2.75, 3.05) is 19.7 Å². The molecule has 1 atom stereocenters. The van der Waals surface area contributed by atoms with Crippen molar-refractivity contribution in [1.29, 1.82) is 0 Å². The summed E-state index contributed by atoms with van der Waals surface area (Å²) in [6, 6.07) is 0. The van der Waals surface area contributed by atoms with E-state index in [1.807, 2.05) is 31.2 Å². The first-order valence-corrected chi connectivity index (χ1v) is 6.55. The van der Waals surface area contributed by atoms with Gasteiger partial charge in [-0.1, -0.05) is 0 Å². The van der Waals surface area contributed by atoms with Gasteiger partial charge in [-0.05, 0) is 6.92 Å². The molecule has 2 aromatic rings. The molecule has 1 aliphatic heterocycles. The Morgan fingerprint density at radius 1 is 1.53 bits per heavy atom. The lowest BCUT2D eigenvalue weighted by Crippen LogP contribution is -2.34. The molecule has 0 bridgehead atoms. The Labute approximate surface area is 112 Å². The smallest absolute Gasteiger partial charge is 0.111 e. The number of hydrogen-bond acceptors (Lipinski definition) is 4. The number of ether oxygens (including phenoxy) is 1. The Morgan fingerprint density at radius 2 is 2.42 bits per heavy atom. The van der Waals surface area contributed by atoms with Crippen LogP contribution in [-0.2, 0) is 18.3 Å². The second kappa shape index (κ2) is 5.14. The van der Waals surface area contributed by atoms with E-state index in [4.69, 9.17) is 4.74 Å². The molecule has 0 aromatic carbocycles. The summed E-state index contributed by atoms with van der Waals surface area (Å²) in [4.78, 5) is 4.26. The zero-order valence-electron chi connectivity index (χ0n) is 11.3. The molecule has 0 spiro atoms. The van der Waals surface area contributed by atoms with Crippen molar-refractivity contribution in [2.45, 2.75) is 19.6 Å². The van der Waals surface area contributed by atoms with Crippen LogP contribution >= 0.6 is 0 Å². The Kier molecular flexibility index (Phi) is 3.35. The summed E-state index contributed by atoms with van der Waals surface area (Å²) in [7, 11) is 1.94. The van der Waals surface area contributed by atoms with Gasteiger partial charge < -0.3 is 14.6 Å². The molecule has 0 amide bonds. The molecular formula is C13H19N5O. The van der Waals surface area contributed by atoms with E-state index in [2.05, 4.69) is 26.2 Å². The van der Waals surface area contributed by atoms with E-state index in [1.165, 1.54) is 5.56 Å². The van der Waals surface area contributed by atoms with Crippen molar-refractivity contribution in [3.8, 4) is 0 Å². The summed E-state index contributed by atoms with van der Waals surface area (Å²) in [5, 5.41) is 7.72. The fourth-order valence-corrected chi connectivity index (χ4v) is 2.47. The lowest BCUT2D eigenvalue weighted by atomic mass is 10.2. The highest BCUT2D eigenvalue weighted by atomic mass is 16.5. The van der Waals surface area contributed by atoms with Gasteiger partial charge in [-0.15, -0.1) is 0 Å². The average Bonchev–Trinajstić information content (AvgIpc) is 2.98. The molecule has 0 radical (unpaired) electrons. The van der Waals surface area contributed by atoms with E-state index in [9.17, 15) is 0 Å². The fraction of sp³-hybridized carbons (Fsp3) is 0.538. The van der Waals surface area contributed by atoms with E-state index < -0.39 is 0 Å². The molecule has 102 valence electrons. The van der Waals surface area contributed by atoms with Crippen molar-refractivity contribution in [3.05, 3.63) is 35.7 Å². The summed E-state index contributed by atoms with van der Waals surface area (Å²) >= 11 is 0. The topological polar surface area (TPSA) is 56.9 Å². The average molecular weight is 261 g/mol. The lowest BCUT2D eigenvalue weighted by molar-refractivity contribution is 0.0230. The highest BCUT2D eigenvalue weighted by Crippen LogP contribution is 2.19. The van der Waals surface area contributed by atoms with Crippen LogP contribution in [0.3, 0.4) is 0 Å². The normalized spacial score (nSPS) is 19.8. The van der Waals surface area contributed by atoms with E-state index in [0.717, 1.165) is 37.6 Å². The van der Waals surface area contributed by atoms with Crippen LogP contribution in [0.1, 0.15) is 23.1 Å². The van der Waals surface area contributed by atoms with Gasteiger partial charge >= 0.3 is 0 Å². The Bertz CT molecular complexity index is 553. The SMILES string of the molecule is Cc1nn(C)cc1Cn1cncc1C1CNCCO1. The molecule has 1 fully saturated rings. The van der Waals surface area contributed by atoms with Gasteiger partial charge in [0.05, 0.1) is 37.1 Å². The largest absolute Gasteiger partial charge is 0.369 e. The summed E-state index contributed by atoms with van der Waals surface area (Å²) in [5.74, 6) is 0. The maximum Gasteiger partial charge on any atom is 0.111 e. The van der Waals surface area contributed by atoms with Crippen molar-refractivity contribution < 1.29 is 4.74 Å². The predicted octanol–water partition coefficient (Wildman–Crippen LogP) is 0.634. The summed E-state index contributed by atoms with van der Waals surface area (Å²) in [6.45, 7) is 5.34. The number of morpholine rings is 1. The molecule has 3 rings (SSSR count). The standard InChI is InChI=1S/C13H19N5O/c1-10-11(7-17(2)16-10)8-18-9-15-5-12(18)13-6-14-3-4-19-13/h5,7,9,13-14H,3-4,6,8H2,1-2H3. The van der Waals surface area contributed by atoms with Crippen LogP contribution in [-0.4, -0.2) is 39.0 Å². The van der Waals surface area contributed by atoms with Crippen LogP contribution in [0.15, 0.2) is 18.7 Å². The molecule has 3 heterocycles. The highest BCUT2D eigenvalue weighted by molar-refractivity contribution is 5.17. The quantitative estimate of drug-likeness (QED) is 0.880. The Morgan fingerprint density at radius 3 is 3.11 bits per heavy atom. The Balaban J connectivity index is 1.81. The summed E-state index contributed by atoms with van der Waals surface area (Å²) < 4.78 is 9.78. The molecule has 2 aromatic heterocycles. The van der Waals surface area contributed by atoms with Crippen molar-refractivity contribution in [3.63, 3.8) is 0 Å². The van der Waals surface area contributed by atoms with Crippen molar-refractivity contribution >= 4 is 0 Å². The van der Waals surface area contributed by atoms with Crippen LogP contribution in [0.2, 0.25) is 0 Å². The van der Waals surface area contributed by atoms with Crippen LogP contribution in [0.4, 0.5) is 0 Å². The van der Waals surface area contributed by atoms with Gasteiger partial charge in [0, 0.05) is 31.9 Å². The lowest BCUT2D eigenvalue weighted by Gasteiger charge is -2.24. The minimum Gasteiger partial charge on any atom is -0.369 e. The maximum atomic E-state index is 5.79. The van der Waals surface area contributed by atoms with Crippen LogP contribution in [0, 0.1) is 6.92 Å². The third-order valence-corrected chi connectivity index (χ3v) is 3.46. The molecule has 1 N–H and O–H groups in total. The van der Waals surface area contributed by atoms with Gasteiger partial charge in [0.2, 0.25) is 0 Å². The third kappa shape index (κ3) is 2.54. The number of aryl methyl sites for hydroxylation is 2. The van der Waals surface area contributed by atoms with Gasteiger partial charge in [0.1, 0.15) is 6.10 Å². The first-order valence-electron chi connectivity index (χ1n) is 6.55. The molecule has 1 saturated heterocycles. The second-order valence-electron chi connectivity index (χ2n) is 4.92. The number of hydrogen-bond donors (Lipinski definition) is 1. The van der Waals surface area contributed by atoms with E-state index >= 15 is 0 Å². The van der Waals surface area contributed by atoms with Gasteiger partial charge in [-0.3, -0.25) is 4.68 Å². The van der Waals surface area contributed by atoms with E-state index in [-0.39, 0.29) is 6.10 Å². The summed E-state index contributed by atoms with van der Waals surface area (Å²) in [5.41, 5.74) is 3.39. The number of aromatic nitrogens is 4. The fourth-order valence-electron chi connectivity index (χ4n) is 2.47. The van der Waals surface area contributed by atoms with Gasteiger partial charge in [-0.2, -0.15) is 5.10 Å². The summed E-state index contributed by atoms with van der Waals surface area (Å²) in [6.07, 6.45) is 5.90. The molecule has 0 aliphatic carbocycles. The van der Waals surface area contributed by atoms with E-state index in [1.54, 1.807) is 0 Å². The molecule has 0 saturated carbocycles. The minimum absolute atomic E-state index is 0.0910. The highest BCUT2D eigenvalue weighted by Gasteiger charge is 2.20. The van der Waals surface area contributed by atoms with Crippen LogP contribution in [0.5, 0.6) is 0 Å². The van der Waals surface area contributed by atoms with E-state index in [0.29, 0.717) is 0 Å². The van der Waals surface area contributed by atoms with Crippen molar-refractivity contribution in [2.24, 2.45) is 7.05 Å². The number of rotatable bonds is 3. The number of imidazole rings is 1. The number of nitrogens with one attached hydrogen (secondary N) is 1. The van der Waals surface area contributed by atoms with Crippen molar-refractivity contribution in [1.82, 2.24) is 24.6 Å². The Hall–Kier alpha value is -1.66. The molecule has 1 aliphatic rings. The molecule has 6 heteroatoms. The van der Waals surface area contributed by atoms with Gasteiger partial charge in [0.25, 0.3) is 0 Å². The zero-order valence-corrected chi connectivity index (χ0v) is 11.3. The monoisotopic (exact) mass is 261 g/mol. The van der Waals surface area contributed by atoms with Crippen LogP contribution < -0.4 is 5.32 Å². The maximum absolute atomic E-state index is 5.79.